The first-order chi connectivity index (χ1) is 5.31. The molecular weight excluding hydrogens is 155 g/mol. The van der Waals surface area contributed by atoms with Crippen LogP contribution in [-0.2, 0) is 0 Å². The molecule has 0 aliphatic carbocycles. The van der Waals surface area contributed by atoms with E-state index in [1.54, 1.807) is 6.08 Å². The normalized spacial score (nSPS) is 7.17. The van der Waals surface area contributed by atoms with Gasteiger partial charge in [-0.25, -0.2) is 0 Å². The van der Waals surface area contributed by atoms with E-state index in [4.69, 9.17) is 0 Å². The molecule has 0 fully saturated rings. The molecule has 0 bridgehead atoms. The van der Waals surface area contributed by atoms with Gasteiger partial charge in [-0.3, -0.25) is 0 Å². The van der Waals surface area contributed by atoms with Crippen LogP contribution in [0, 0.1) is 19.9 Å². The van der Waals surface area contributed by atoms with Crippen molar-refractivity contribution in [2.45, 2.75) is 13.3 Å². The van der Waals surface area contributed by atoms with Gasteiger partial charge in [0, 0.05) is 0 Å². The second kappa shape index (κ2) is 11.0. The van der Waals surface area contributed by atoms with Gasteiger partial charge in [-0.15, -0.1) is 12.7 Å². The molecule has 1 rings (SSSR count). The molecule has 0 aliphatic heterocycles. The molecule has 0 spiro atoms. The number of hydrogen-bond donors (Lipinski definition) is 0. The average molecular weight is 169 g/mol. The zero-order valence-electron chi connectivity index (χ0n) is 8.01. The van der Waals surface area contributed by atoms with Crippen LogP contribution < -0.4 is 29.6 Å². The summed E-state index contributed by atoms with van der Waals surface area (Å²) in [6, 6.07) is 10.8. The Kier molecular flexibility index (Phi) is 13.2. The summed E-state index contributed by atoms with van der Waals surface area (Å²) in [5, 5.41) is 0. The van der Waals surface area contributed by atoms with E-state index >= 15 is 0 Å². The molecule has 0 saturated carbocycles. The number of benzene rings is 1. The molecule has 0 radical (unpaired) electrons. The Bertz CT molecular complexity index is 179. The molecule has 0 N–H and O–H groups in total. The Hall–Kier alpha value is -0.0400. The van der Waals surface area contributed by atoms with Crippen molar-refractivity contribution in [3.63, 3.8) is 0 Å². The third kappa shape index (κ3) is 9.96. The molecule has 0 heterocycles. The van der Waals surface area contributed by atoms with Crippen LogP contribution in [0.1, 0.15) is 12.0 Å². The number of rotatable bonds is 1. The summed E-state index contributed by atoms with van der Waals surface area (Å²) in [7, 11) is 0. The maximum absolute atomic E-state index is 3.49. The minimum atomic E-state index is 0. The van der Waals surface area contributed by atoms with Crippen molar-refractivity contribution in [1.29, 1.82) is 0 Å². The van der Waals surface area contributed by atoms with E-state index in [0.29, 0.717) is 0 Å². The van der Waals surface area contributed by atoms with Crippen LogP contribution in [0.5, 0.6) is 0 Å². The standard InChI is InChI=1S/C7H7.C4H7.Na/c1-7-5-3-2-4-6-7;1-3-4-2;/h3-6H,1H3;3H,1-2,4H2;/q2*-1;+1. The first-order valence-electron chi connectivity index (χ1n) is 3.64. The van der Waals surface area contributed by atoms with Crippen LogP contribution in [0.2, 0.25) is 0 Å². The van der Waals surface area contributed by atoms with Crippen LogP contribution in [0.4, 0.5) is 0 Å². The van der Waals surface area contributed by atoms with Crippen molar-refractivity contribution in [1.82, 2.24) is 0 Å². The first kappa shape index (κ1) is 14.5. The van der Waals surface area contributed by atoms with Gasteiger partial charge in [0.15, 0.2) is 0 Å². The average Bonchev–Trinajstić information content (AvgIpc) is 2.07. The fraction of sp³-hybridized carbons (Fsp3) is 0.182. The van der Waals surface area contributed by atoms with Gasteiger partial charge >= 0.3 is 29.6 Å². The van der Waals surface area contributed by atoms with Gasteiger partial charge in [0.1, 0.15) is 0 Å². The van der Waals surface area contributed by atoms with Crippen LogP contribution in [0.3, 0.4) is 0 Å². The quantitative estimate of drug-likeness (QED) is 0.320. The van der Waals surface area contributed by atoms with Gasteiger partial charge < -0.3 is 6.92 Å². The first-order valence-corrected chi connectivity index (χ1v) is 3.64. The van der Waals surface area contributed by atoms with E-state index in [1.165, 1.54) is 5.56 Å². The van der Waals surface area contributed by atoms with Crippen LogP contribution in [0.25, 0.3) is 0 Å². The summed E-state index contributed by atoms with van der Waals surface area (Å²) in [6.45, 7) is 8.97. The Morgan fingerprint density at radius 2 is 1.92 bits per heavy atom. The maximum atomic E-state index is 3.49. The van der Waals surface area contributed by atoms with Gasteiger partial charge in [0.25, 0.3) is 0 Å². The van der Waals surface area contributed by atoms with Gasteiger partial charge in [0.05, 0.1) is 0 Å². The Morgan fingerprint density at radius 1 is 1.50 bits per heavy atom. The molecule has 0 aromatic heterocycles. The molecule has 0 amide bonds. The molecule has 0 aliphatic rings. The van der Waals surface area contributed by atoms with Crippen LogP contribution >= 0.6 is 0 Å². The molecule has 0 unspecified atom stereocenters. The van der Waals surface area contributed by atoms with Crippen LogP contribution in [-0.4, -0.2) is 0 Å². The topological polar surface area (TPSA) is 0 Å². The zero-order chi connectivity index (χ0) is 8.53. The molecule has 60 valence electrons. The number of allylic oxidation sites excluding steroid dienone is 1. The van der Waals surface area contributed by atoms with Crippen molar-refractivity contribution in [3.8, 4) is 0 Å². The molecule has 0 nitrogen and oxygen atoms in total. The Morgan fingerprint density at radius 3 is 2.08 bits per heavy atom. The zero-order valence-corrected chi connectivity index (χ0v) is 10.0. The van der Waals surface area contributed by atoms with E-state index < -0.39 is 0 Å². The van der Waals surface area contributed by atoms with Gasteiger partial charge in [-0.2, -0.15) is 42.3 Å². The predicted molar refractivity (Wildman–Crippen MR) is 50.2 cm³/mol. The minimum Gasteiger partial charge on any atom is -0.340 e. The van der Waals surface area contributed by atoms with E-state index in [0.717, 1.165) is 6.42 Å². The number of hydrogen-bond acceptors (Lipinski definition) is 0. The fourth-order valence-electron chi connectivity index (χ4n) is 0.470. The maximum Gasteiger partial charge on any atom is 1.00 e. The fourth-order valence-corrected chi connectivity index (χ4v) is 0.470. The second-order valence-electron chi connectivity index (χ2n) is 2.15. The third-order valence-electron chi connectivity index (χ3n) is 1.09. The summed E-state index contributed by atoms with van der Waals surface area (Å²) >= 11 is 0. The SMILES string of the molecule is C=CC[CH2-].Cc1cc[c-]cc1.[Na+]. The molecule has 1 aromatic carbocycles. The molecule has 1 heteroatoms. The van der Waals surface area contributed by atoms with E-state index in [1.807, 2.05) is 24.3 Å². The third-order valence-corrected chi connectivity index (χ3v) is 1.09. The summed E-state index contributed by atoms with van der Waals surface area (Å²) in [5.74, 6) is 0. The minimum absolute atomic E-state index is 0. The Balaban J connectivity index is 0. The molecule has 0 atom stereocenters. The Labute approximate surface area is 98.0 Å². The summed E-state index contributed by atoms with van der Waals surface area (Å²) < 4.78 is 0. The van der Waals surface area contributed by atoms with Crippen molar-refractivity contribution in [3.05, 3.63) is 55.5 Å². The summed E-state index contributed by atoms with van der Waals surface area (Å²) in [5.41, 5.74) is 1.29. The van der Waals surface area contributed by atoms with Crippen LogP contribution in [0.15, 0.2) is 36.9 Å². The summed E-state index contributed by atoms with van der Waals surface area (Å²) in [6.07, 6.45) is 2.60. The summed E-state index contributed by atoms with van der Waals surface area (Å²) in [4.78, 5) is 0. The monoisotopic (exact) mass is 169 g/mol. The molecule has 12 heavy (non-hydrogen) atoms. The van der Waals surface area contributed by atoms with Gasteiger partial charge in [-0.05, 0) is 0 Å². The van der Waals surface area contributed by atoms with E-state index in [2.05, 4.69) is 26.5 Å². The molecule has 1 aromatic rings. The molecule has 0 saturated heterocycles. The van der Waals surface area contributed by atoms with E-state index in [9.17, 15) is 0 Å². The van der Waals surface area contributed by atoms with Crippen molar-refractivity contribution >= 4 is 0 Å². The smallest absolute Gasteiger partial charge is 0.340 e. The van der Waals surface area contributed by atoms with Crippen molar-refractivity contribution in [2.24, 2.45) is 0 Å². The van der Waals surface area contributed by atoms with E-state index in [-0.39, 0.29) is 29.6 Å². The largest absolute Gasteiger partial charge is 1.00 e. The number of aryl methyl sites for hydroxylation is 1. The van der Waals surface area contributed by atoms with Gasteiger partial charge in [-0.1, -0.05) is 6.92 Å². The second-order valence-corrected chi connectivity index (χ2v) is 2.15. The predicted octanol–water partition coefficient (Wildman–Crippen LogP) is 0.196. The van der Waals surface area contributed by atoms with Crippen molar-refractivity contribution < 1.29 is 29.6 Å². The van der Waals surface area contributed by atoms with Crippen molar-refractivity contribution in [2.75, 3.05) is 0 Å². The molecular formula is C11H14Na-. The van der Waals surface area contributed by atoms with Gasteiger partial charge in [0.2, 0.25) is 0 Å².